The molecule has 8 atom stereocenters. The predicted molar refractivity (Wildman–Crippen MR) is 93.4 cm³/mol. The lowest BCUT2D eigenvalue weighted by molar-refractivity contribution is -0.169. The third-order valence-electron chi connectivity index (χ3n) is 6.80. The smallest absolute Gasteiger partial charge is 0.351 e. The number of halogens is 3. The number of fused-ring (bicyclic) bond motifs is 1. The summed E-state index contributed by atoms with van der Waals surface area (Å²) in [4.78, 5) is 18.0. The molecule has 0 aromatic rings. The number of rotatable bonds is 4. The largest absolute Gasteiger partial charge is 0.406 e. The van der Waals surface area contributed by atoms with E-state index in [0.29, 0.717) is 17.8 Å². The summed E-state index contributed by atoms with van der Waals surface area (Å²) in [7, 11) is 0. The molecule has 2 heterocycles. The molecule has 0 bridgehead atoms. The molecule has 7 unspecified atom stereocenters. The number of carbonyl (C=O) groups is 1. The average Bonchev–Trinajstić information content (AvgIpc) is 3.40. The first-order valence-corrected chi connectivity index (χ1v) is 10.3. The van der Waals surface area contributed by atoms with Crippen molar-refractivity contribution in [1.29, 1.82) is 0 Å². The third kappa shape index (κ3) is 4.02. The standard InChI is InChI=1S/C18H29F3N4O3/c1-2-13-24-16(25-28-13)10-3-5-11-9(7-10)4-6-12(11)23-17(26)14-15(18(19,20)21)22-8-27-14/h9-16,22,24-25H,2-8H2,1H3,(H,23,26)/t9?,10?,11?,12-,13?,14?,15?,16?/m1/s1. The first-order chi connectivity index (χ1) is 13.4. The van der Waals surface area contributed by atoms with E-state index in [2.05, 4.69) is 28.4 Å². The van der Waals surface area contributed by atoms with Gasteiger partial charge in [0.15, 0.2) is 6.10 Å². The Bertz CT molecular complexity index is 579. The molecule has 0 aromatic carbocycles. The number of alkyl halides is 3. The van der Waals surface area contributed by atoms with Crippen LogP contribution in [0.1, 0.15) is 45.4 Å². The molecule has 2 saturated carbocycles. The van der Waals surface area contributed by atoms with Crippen LogP contribution in [0.2, 0.25) is 0 Å². The Labute approximate surface area is 162 Å². The van der Waals surface area contributed by atoms with Crippen molar-refractivity contribution in [2.75, 3.05) is 6.73 Å². The van der Waals surface area contributed by atoms with Crippen LogP contribution in [-0.2, 0) is 14.4 Å². The molecule has 2 aliphatic carbocycles. The Hall–Kier alpha value is -0.940. The minimum atomic E-state index is -4.51. The summed E-state index contributed by atoms with van der Waals surface area (Å²) < 4.78 is 44.2. The van der Waals surface area contributed by atoms with Crippen LogP contribution in [0.25, 0.3) is 0 Å². The van der Waals surface area contributed by atoms with Crippen LogP contribution >= 0.6 is 0 Å². The zero-order valence-corrected chi connectivity index (χ0v) is 15.9. The van der Waals surface area contributed by atoms with Gasteiger partial charge < -0.3 is 10.1 Å². The van der Waals surface area contributed by atoms with Crippen LogP contribution in [0.3, 0.4) is 0 Å². The molecule has 1 amide bonds. The van der Waals surface area contributed by atoms with Gasteiger partial charge in [0.25, 0.3) is 5.91 Å². The average molecular weight is 406 g/mol. The van der Waals surface area contributed by atoms with Crippen molar-refractivity contribution in [3.05, 3.63) is 0 Å². The van der Waals surface area contributed by atoms with E-state index in [0.717, 1.165) is 38.5 Å². The Morgan fingerprint density at radius 2 is 1.96 bits per heavy atom. The summed E-state index contributed by atoms with van der Waals surface area (Å²) in [5, 5.41) is 8.54. The zero-order valence-electron chi connectivity index (χ0n) is 15.9. The highest BCUT2D eigenvalue weighted by atomic mass is 19.4. The molecule has 10 heteroatoms. The number of nitrogens with one attached hydrogen (secondary N) is 4. The third-order valence-corrected chi connectivity index (χ3v) is 6.80. The zero-order chi connectivity index (χ0) is 19.9. The molecular formula is C18H29F3N4O3. The van der Waals surface area contributed by atoms with Crippen molar-refractivity contribution < 1.29 is 27.5 Å². The quantitative estimate of drug-likeness (QED) is 0.564. The monoisotopic (exact) mass is 406 g/mol. The van der Waals surface area contributed by atoms with Crippen LogP contribution < -0.4 is 21.4 Å². The summed E-state index contributed by atoms with van der Waals surface area (Å²) in [5.74, 6) is 0.611. The molecule has 4 aliphatic rings. The van der Waals surface area contributed by atoms with Crippen molar-refractivity contribution in [2.45, 2.75) is 82.2 Å². The van der Waals surface area contributed by atoms with Gasteiger partial charge in [0, 0.05) is 6.04 Å². The second kappa shape index (κ2) is 8.06. The Morgan fingerprint density at radius 3 is 2.68 bits per heavy atom. The van der Waals surface area contributed by atoms with E-state index in [1.54, 1.807) is 0 Å². The Balaban J connectivity index is 1.31. The fourth-order valence-corrected chi connectivity index (χ4v) is 5.34. The first-order valence-electron chi connectivity index (χ1n) is 10.3. The normalized spacial score (nSPS) is 43.9. The fraction of sp³-hybridized carbons (Fsp3) is 0.944. The number of hydrogen-bond acceptors (Lipinski definition) is 6. The van der Waals surface area contributed by atoms with Crippen molar-refractivity contribution in [1.82, 2.24) is 21.4 Å². The SMILES string of the molecule is CCC1NC(C2CCC3C(CC[C@H]3NC(=O)C3OCNC3C(F)(F)F)C2)NO1. The van der Waals surface area contributed by atoms with Gasteiger partial charge in [-0.2, -0.15) is 18.7 Å². The lowest BCUT2D eigenvalue weighted by Gasteiger charge is -2.37. The molecular weight excluding hydrogens is 377 g/mol. The van der Waals surface area contributed by atoms with E-state index < -0.39 is 24.2 Å². The maximum absolute atomic E-state index is 13.1. The lowest BCUT2D eigenvalue weighted by Crippen LogP contribution is -2.53. The summed E-state index contributed by atoms with van der Waals surface area (Å²) in [6, 6.07) is -2.01. The second-order valence-electron chi connectivity index (χ2n) is 8.42. The highest BCUT2D eigenvalue weighted by molar-refractivity contribution is 5.82. The number of ether oxygens (including phenoxy) is 1. The van der Waals surface area contributed by atoms with E-state index in [9.17, 15) is 18.0 Å². The molecule has 0 spiro atoms. The van der Waals surface area contributed by atoms with E-state index in [1.807, 2.05) is 0 Å². The maximum atomic E-state index is 13.1. The maximum Gasteiger partial charge on any atom is 0.406 e. The predicted octanol–water partition coefficient (Wildman–Crippen LogP) is 1.36. The van der Waals surface area contributed by atoms with Gasteiger partial charge in [0.1, 0.15) is 12.3 Å². The molecule has 4 rings (SSSR count). The van der Waals surface area contributed by atoms with Gasteiger partial charge in [0.05, 0.1) is 12.9 Å². The van der Waals surface area contributed by atoms with Crippen molar-refractivity contribution >= 4 is 5.91 Å². The molecule has 28 heavy (non-hydrogen) atoms. The highest BCUT2D eigenvalue weighted by Crippen LogP contribution is 2.45. The molecule has 0 aromatic heterocycles. The van der Waals surface area contributed by atoms with Gasteiger partial charge in [-0.05, 0) is 56.3 Å². The molecule has 160 valence electrons. The summed E-state index contributed by atoms with van der Waals surface area (Å²) in [5.41, 5.74) is 3.10. The molecule has 0 radical (unpaired) electrons. The van der Waals surface area contributed by atoms with Crippen molar-refractivity contribution in [2.24, 2.45) is 17.8 Å². The van der Waals surface area contributed by atoms with Crippen LogP contribution in [0.5, 0.6) is 0 Å². The number of hydrogen-bond donors (Lipinski definition) is 4. The van der Waals surface area contributed by atoms with E-state index >= 15 is 0 Å². The minimum absolute atomic E-state index is 0.0416. The van der Waals surface area contributed by atoms with Crippen LogP contribution in [0.15, 0.2) is 0 Å². The van der Waals surface area contributed by atoms with Crippen LogP contribution in [0.4, 0.5) is 13.2 Å². The summed E-state index contributed by atoms with van der Waals surface area (Å²) in [6.45, 7) is 1.80. The van der Waals surface area contributed by atoms with Gasteiger partial charge in [0.2, 0.25) is 0 Å². The fourth-order valence-electron chi connectivity index (χ4n) is 5.34. The summed E-state index contributed by atoms with van der Waals surface area (Å²) in [6.07, 6.45) is -0.132. The van der Waals surface area contributed by atoms with E-state index in [4.69, 9.17) is 9.57 Å². The molecule has 2 aliphatic heterocycles. The van der Waals surface area contributed by atoms with Crippen LogP contribution in [-0.4, -0.2) is 49.4 Å². The molecule has 4 fully saturated rings. The topological polar surface area (TPSA) is 83.7 Å². The van der Waals surface area contributed by atoms with Crippen molar-refractivity contribution in [3.8, 4) is 0 Å². The Morgan fingerprint density at radius 1 is 1.18 bits per heavy atom. The van der Waals surface area contributed by atoms with Gasteiger partial charge in [-0.15, -0.1) is 0 Å². The molecule has 2 saturated heterocycles. The first kappa shape index (κ1) is 20.3. The van der Waals surface area contributed by atoms with Crippen LogP contribution in [0, 0.1) is 17.8 Å². The van der Waals surface area contributed by atoms with Gasteiger partial charge in [-0.3, -0.25) is 20.3 Å². The Kier molecular flexibility index (Phi) is 5.85. The number of hydroxylamine groups is 1. The molecule has 4 N–H and O–H groups in total. The van der Waals surface area contributed by atoms with Gasteiger partial charge in [-0.1, -0.05) is 6.92 Å². The van der Waals surface area contributed by atoms with Crippen molar-refractivity contribution in [3.63, 3.8) is 0 Å². The van der Waals surface area contributed by atoms with E-state index in [1.165, 1.54) is 0 Å². The van der Waals surface area contributed by atoms with Gasteiger partial charge in [-0.25, -0.2) is 0 Å². The number of carbonyl (C=O) groups excluding carboxylic acids is 1. The minimum Gasteiger partial charge on any atom is -0.351 e. The summed E-state index contributed by atoms with van der Waals surface area (Å²) >= 11 is 0. The van der Waals surface area contributed by atoms with Gasteiger partial charge >= 0.3 is 6.18 Å². The lowest BCUT2D eigenvalue weighted by atomic mass is 9.73. The van der Waals surface area contributed by atoms with E-state index in [-0.39, 0.29) is 25.2 Å². The molecule has 7 nitrogen and oxygen atoms in total. The number of amides is 1. The second-order valence-corrected chi connectivity index (χ2v) is 8.42. The highest BCUT2D eigenvalue weighted by Gasteiger charge is 2.52.